The van der Waals surface area contributed by atoms with E-state index in [1.165, 1.54) is 28.6 Å². The third-order valence-corrected chi connectivity index (χ3v) is 5.45. The molecule has 0 saturated carbocycles. The van der Waals surface area contributed by atoms with E-state index in [0.717, 1.165) is 22.4 Å². The minimum absolute atomic E-state index is 0.124. The van der Waals surface area contributed by atoms with Gasteiger partial charge in [-0.1, -0.05) is 41.6 Å². The number of hydrogen-bond donors (Lipinski definition) is 2. The molecule has 0 fully saturated rings. The van der Waals surface area contributed by atoms with E-state index in [1.54, 1.807) is 12.1 Å². The highest BCUT2D eigenvalue weighted by molar-refractivity contribution is 7.99. The summed E-state index contributed by atoms with van der Waals surface area (Å²) in [6, 6.07) is 11.7. The molecule has 3 aromatic rings. The second-order valence-electron chi connectivity index (χ2n) is 6.96. The molecule has 9 heteroatoms. The zero-order valence-corrected chi connectivity index (χ0v) is 17.9. The number of carbonyl (C=O) groups is 1. The molecule has 1 heterocycles. The highest BCUT2D eigenvalue weighted by Crippen LogP contribution is 2.21. The predicted octanol–water partition coefficient (Wildman–Crippen LogP) is 3.30. The number of carbonyl (C=O) groups excluding carboxylic acids is 1. The number of hydrogen-bond acceptors (Lipinski definition) is 6. The van der Waals surface area contributed by atoms with Gasteiger partial charge in [0.25, 0.3) is 0 Å². The summed E-state index contributed by atoms with van der Waals surface area (Å²) in [5.74, 6) is 6.88. The summed E-state index contributed by atoms with van der Waals surface area (Å²) >= 11 is 1.18. The second-order valence-corrected chi connectivity index (χ2v) is 7.90. The molecule has 0 spiro atoms. The Balaban J connectivity index is 1.51. The van der Waals surface area contributed by atoms with Crippen molar-refractivity contribution in [2.24, 2.45) is 0 Å². The van der Waals surface area contributed by atoms with Crippen molar-refractivity contribution >= 4 is 17.7 Å². The number of benzene rings is 2. The number of nitrogens with one attached hydrogen (secondary N) is 1. The predicted molar refractivity (Wildman–Crippen MR) is 114 cm³/mol. The number of ether oxygens (including phenoxy) is 1. The Hall–Kier alpha value is -3.07. The molecule has 30 heavy (non-hydrogen) atoms. The smallest absolute Gasteiger partial charge is 0.230 e. The van der Waals surface area contributed by atoms with Crippen LogP contribution in [0.1, 0.15) is 35.5 Å². The Morgan fingerprint density at radius 3 is 2.67 bits per heavy atom. The summed E-state index contributed by atoms with van der Waals surface area (Å²) in [5.41, 5.74) is 3.01. The van der Waals surface area contributed by atoms with Crippen LogP contribution in [0.5, 0.6) is 5.75 Å². The van der Waals surface area contributed by atoms with Crippen molar-refractivity contribution in [3.63, 3.8) is 0 Å². The normalized spacial score (nSPS) is 11.9. The monoisotopic (exact) mass is 429 g/mol. The first-order valence-corrected chi connectivity index (χ1v) is 10.4. The van der Waals surface area contributed by atoms with Crippen molar-refractivity contribution in [2.75, 3.05) is 11.6 Å². The number of thioether (sulfide) groups is 1. The lowest BCUT2D eigenvalue weighted by Gasteiger charge is -2.14. The van der Waals surface area contributed by atoms with Crippen LogP contribution in [0.2, 0.25) is 0 Å². The summed E-state index contributed by atoms with van der Waals surface area (Å²) in [5, 5.41) is 11.4. The van der Waals surface area contributed by atoms with Gasteiger partial charge in [-0.15, -0.1) is 10.2 Å². The van der Waals surface area contributed by atoms with Gasteiger partial charge >= 0.3 is 0 Å². The van der Waals surface area contributed by atoms with Crippen molar-refractivity contribution < 1.29 is 13.9 Å². The summed E-state index contributed by atoms with van der Waals surface area (Å²) in [4.78, 5) is 12.2. The zero-order chi connectivity index (χ0) is 21.7. The number of aromatic nitrogens is 3. The van der Waals surface area contributed by atoms with Gasteiger partial charge < -0.3 is 15.9 Å². The Kier molecular flexibility index (Phi) is 6.94. The lowest BCUT2D eigenvalue weighted by Crippen LogP contribution is -2.28. The lowest BCUT2D eigenvalue weighted by atomic mass is 10.1. The number of nitrogens with zero attached hydrogens (tertiary/aromatic N) is 3. The maximum absolute atomic E-state index is 13.0. The standard InChI is InChI=1S/C21H24FN5O2S/c1-13-4-9-18(14(2)10-13)29-11-19-25-26-21(27(19)23)30-12-20(28)24-15(3)16-5-7-17(22)8-6-16/h4-10,15H,11-12,23H2,1-3H3,(H,24,28). The molecule has 0 aliphatic carbocycles. The maximum atomic E-state index is 13.0. The summed E-state index contributed by atoms with van der Waals surface area (Å²) in [6.07, 6.45) is 0. The Bertz CT molecular complexity index is 1020. The van der Waals surface area contributed by atoms with Crippen LogP contribution in [0, 0.1) is 19.7 Å². The van der Waals surface area contributed by atoms with E-state index >= 15 is 0 Å². The fraction of sp³-hybridized carbons (Fsp3) is 0.286. The largest absolute Gasteiger partial charge is 0.485 e. The van der Waals surface area contributed by atoms with E-state index in [-0.39, 0.29) is 30.1 Å². The molecular weight excluding hydrogens is 405 g/mol. The van der Waals surface area contributed by atoms with Crippen molar-refractivity contribution in [1.82, 2.24) is 20.2 Å². The fourth-order valence-corrected chi connectivity index (χ4v) is 3.54. The number of amides is 1. The average molecular weight is 430 g/mol. The second kappa shape index (κ2) is 9.62. The van der Waals surface area contributed by atoms with E-state index in [4.69, 9.17) is 10.6 Å². The molecule has 1 atom stereocenters. The minimum atomic E-state index is -0.313. The minimum Gasteiger partial charge on any atom is -0.485 e. The van der Waals surface area contributed by atoms with Crippen LogP contribution in [-0.2, 0) is 11.4 Å². The molecule has 1 unspecified atom stereocenters. The topological polar surface area (TPSA) is 95.1 Å². The van der Waals surface area contributed by atoms with Gasteiger partial charge in [-0.2, -0.15) is 0 Å². The molecule has 0 radical (unpaired) electrons. The molecule has 1 amide bonds. The van der Waals surface area contributed by atoms with Crippen LogP contribution >= 0.6 is 11.8 Å². The van der Waals surface area contributed by atoms with Gasteiger partial charge in [-0.05, 0) is 50.1 Å². The summed E-state index contributed by atoms with van der Waals surface area (Å²) in [6.45, 7) is 6.00. The number of nitrogens with two attached hydrogens (primary N) is 1. The summed E-state index contributed by atoms with van der Waals surface area (Å²) in [7, 11) is 0. The maximum Gasteiger partial charge on any atom is 0.230 e. The van der Waals surface area contributed by atoms with Gasteiger partial charge in [-0.3, -0.25) is 4.79 Å². The number of rotatable bonds is 8. The Morgan fingerprint density at radius 1 is 1.23 bits per heavy atom. The number of aryl methyl sites for hydroxylation is 2. The van der Waals surface area contributed by atoms with Gasteiger partial charge in [-0.25, -0.2) is 9.07 Å². The fourth-order valence-electron chi connectivity index (χ4n) is 2.86. The van der Waals surface area contributed by atoms with Crippen molar-refractivity contribution in [1.29, 1.82) is 0 Å². The molecule has 0 bridgehead atoms. The average Bonchev–Trinajstić information content (AvgIpc) is 3.06. The van der Waals surface area contributed by atoms with Gasteiger partial charge in [0, 0.05) is 0 Å². The van der Waals surface area contributed by atoms with Crippen LogP contribution in [-0.4, -0.2) is 26.5 Å². The van der Waals surface area contributed by atoms with Gasteiger partial charge in [0.15, 0.2) is 5.82 Å². The van der Waals surface area contributed by atoms with E-state index in [2.05, 4.69) is 15.5 Å². The molecule has 3 rings (SSSR count). The first-order chi connectivity index (χ1) is 14.3. The van der Waals surface area contributed by atoms with Crippen LogP contribution in [0.25, 0.3) is 0 Å². The molecule has 0 aliphatic heterocycles. The zero-order valence-electron chi connectivity index (χ0n) is 17.1. The molecular formula is C21H24FN5O2S. The van der Waals surface area contributed by atoms with E-state index in [9.17, 15) is 9.18 Å². The first-order valence-electron chi connectivity index (χ1n) is 9.40. The molecule has 2 aromatic carbocycles. The summed E-state index contributed by atoms with van der Waals surface area (Å²) < 4.78 is 20.1. The van der Waals surface area contributed by atoms with Gasteiger partial charge in [0.2, 0.25) is 11.1 Å². The SMILES string of the molecule is Cc1ccc(OCc2nnc(SCC(=O)NC(C)c3ccc(F)cc3)n2N)c(C)c1. The van der Waals surface area contributed by atoms with Crippen LogP contribution < -0.4 is 15.9 Å². The Labute approximate surface area is 178 Å². The Morgan fingerprint density at radius 2 is 1.97 bits per heavy atom. The third-order valence-electron chi connectivity index (χ3n) is 4.50. The van der Waals surface area contributed by atoms with Gasteiger partial charge in [0.1, 0.15) is 18.2 Å². The first kappa shape index (κ1) is 21.6. The highest BCUT2D eigenvalue weighted by atomic mass is 32.2. The van der Waals surface area contributed by atoms with Crippen molar-refractivity contribution in [2.45, 2.75) is 38.6 Å². The van der Waals surface area contributed by atoms with Crippen LogP contribution in [0.15, 0.2) is 47.6 Å². The highest BCUT2D eigenvalue weighted by Gasteiger charge is 2.15. The van der Waals surface area contributed by atoms with E-state index in [0.29, 0.717) is 11.0 Å². The molecule has 3 N–H and O–H groups in total. The molecule has 7 nitrogen and oxygen atoms in total. The van der Waals surface area contributed by atoms with E-state index < -0.39 is 0 Å². The van der Waals surface area contributed by atoms with Crippen LogP contribution in [0.3, 0.4) is 0 Å². The lowest BCUT2D eigenvalue weighted by molar-refractivity contribution is -0.119. The quantitative estimate of drug-likeness (QED) is 0.421. The number of nitrogen functional groups attached to an aromatic ring is 1. The van der Waals surface area contributed by atoms with Crippen LogP contribution in [0.4, 0.5) is 4.39 Å². The van der Waals surface area contributed by atoms with Crippen molar-refractivity contribution in [3.8, 4) is 5.75 Å². The van der Waals surface area contributed by atoms with Gasteiger partial charge in [0.05, 0.1) is 11.8 Å². The van der Waals surface area contributed by atoms with Crippen molar-refractivity contribution in [3.05, 3.63) is 70.8 Å². The number of halogens is 1. The molecule has 158 valence electrons. The third kappa shape index (κ3) is 5.50. The molecule has 0 aliphatic rings. The molecule has 0 saturated heterocycles. The van der Waals surface area contributed by atoms with E-state index in [1.807, 2.05) is 39.0 Å². The molecule has 1 aromatic heterocycles.